The second-order valence-corrected chi connectivity index (χ2v) is 31.3. The van der Waals surface area contributed by atoms with E-state index in [0.717, 1.165) is 141 Å². The zero-order valence-electron chi connectivity index (χ0n) is 65.6. The van der Waals surface area contributed by atoms with Crippen LogP contribution in [-0.2, 0) is 65.4 Å². The minimum absolute atomic E-state index is 0.0999. The fourth-order valence-electron chi connectivity index (χ4n) is 11.9. The predicted molar refractivity (Wildman–Crippen MR) is 418 cm³/mol. The van der Waals surface area contributed by atoms with Gasteiger partial charge in [-0.15, -0.1) is 0 Å². The number of esters is 4. The smallest absolute Gasteiger partial charge is 0.462 e. The van der Waals surface area contributed by atoms with Crippen LogP contribution in [0.25, 0.3) is 0 Å². The Labute approximate surface area is 623 Å². The first-order valence-corrected chi connectivity index (χ1v) is 44.9. The van der Waals surface area contributed by atoms with Gasteiger partial charge in [0, 0.05) is 25.7 Å². The van der Waals surface area contributed by atoms with Gasteiger partial charge in [-0.05, 0) is 89.9 Å². The van der Waals surface area contributed by atoms with Crippen LogP contribution in [0.15, 0.2) is 48.6 Å². The lowest BCUT2D eigenvalue weighted by atomic mass is 10.0. The maximum atomic E-state index is 13.1. The molecule has 0 aliphatic heterocycles. The molecule has 0 fully saturated rings. The van der Waals surface area contributed by atoms with Crippen LogP contribution in [0.3, 0.4) is 0 Å². The van der Waals surface area contributed by atoms with Crippen molar-refractivity contribution in [1.29, 1.82) is 0 Å². The maximum Gasteiger partial charge on any atom is 0.472 e. The highest BCUT2D eigenvalue weighted by molar-refractivity contribution is 7.47. The van der Waals surface area contributed by atoms with Gasteiger partial charge in [-0.3, -0.25) is 37.3 Å². The Morgan fingerprint density at radius 1 is 0.275 bits per heavy atom. The third-order valence-corrected chi connectivity index (χ3v) is 20.2. The molecule has 17 nitrogen and oxygen atoms in total. The van der Waals surface area contributed by atoms with E-state index in [1.165, 1.54) is 180 Å². The van der Waals surface area contributed by atoms with Crippen LogP contribution in [0.4, 0.5) is 0 Å². The molecule has 0 spiro atoms. The van der Waals surface area contributed by atoms with E-state index in [1.807, 2.05) is 0 Å². The molecule has 0 aliphatic rings. The van der Waals surface area contributed by atoms with Crippen molar-refractivity contribution >= 4 is 39.5 Å². The van der Waals surface area contributed by atoms with Gasteiger partial charge < -0.3 is 33.8 Å². The fourth-order valence-corrected chi connectivity index (χ4v) is 13.5. The third kappa shape index (κ3) is 75.3. The summed E-state index contributed by atoms with van der Waals surface area (Å²) < 4.78 is 68.7. The first-order valence-electron chi connectivity index (χ1n) is 41.9. The number of aliphatic hydroxyl groups is 1. The second-order valence-electron chi connectivity index (χ2n) is 28.4. The van der Waals surface area contributed by atoms with Crippen molar-refractivity contribution in [3.05, 3.63) is 48.6 Å². The minimum Gasteiger partial charge on any atom is -0.462 e. The lowest BCUT2D eigenvalue weighted by molar-refractivity contribution is -0.161. The number of allylic oxidation sites excluding steroid dienone is 8. The van der Waals surface area contributed by atoms with Gasteiger partial charge in [0.1, 0.15) is 19.3 Å². The van der Waals surface area contributed by atoms with Crippen molar-refractivity contribution in [2.75, 3.05) is 39.6 Å². The normalized spacial score (nSPS) is 14.1. The number of hydrogen-bond donors (Lipinski definition) is 3. The molecule has 3 N–H and O–H groups in total. The van der Waals surface area contributed by atoms with E-state index in [9.17, 15) is 43.2 Å². The van der Waals surface area contributed by atoms with E-state index in [2.05, 4.69) is 76.3 Å². The minimum atomic E-state index is -4.97. The summed E-state index contributed by atoms with van der Waals surface area (Å²) in [5, 5.41) is 10.7. The van der Waals surface area contributed by atoms with E-state index in [1.54, 1.807) is 0 Å². The summed E-state index contributed by atoms with van der Waals surface area (Å²) in [6.45, 7) is 4.90. The highest BCUT2D eigenvalue weighted by Gasteiger charge is 2.30. The molecule has 102 heavy (non-hydrogen) atoms. The summed E-state index contributed by atoms with van der Waals surface area (Å²) in [6.07, 6.45) is 75.0. The monoisotopic (exact) mass is 1490 g/mol. The molecule has 5 atom stereocenters. The number of carbonyl (C=O) groups excluding carboxylic acids is 4. The first kappa shape index (κ1) is 99.0. The van der Waals surface area contributed by atoms with Crippen LogP contribution in [0.2, 0.25) is 0 Å². The van der Waals surface area contributed by atoms with Gasteiger partial charge in [-0.1, -0.05) is 333 Å². The van der Waals surface area contributed by atoms with Crippen molar-refractivity contribution in [3.8, 4) is 0 Å². The summed E-state index contributed by atoms with van der Waals surface area (Å²) in [4.78, 5) is 73.1. The van der Waals surface area contributed by atoms with Gasteiger partial charge in [-0.25, -0.2) is 9.13 Å². The Balaban J connectivity index is 5.33. The first-order chi connectivity index (χ1) is 49.7. The van der Waals surface area contributed by atoms with Crippen molar-refractivity contribution in [2.45, 2.75) is 418 Å². The van der Waals surface area contributed by atoms with E-state index in [0.29, 0.717) is 25.7 Å². The number of unbranched alkanes of at least 4 members (excludes halogenated alkanes) is 46. The molecule has 19 heteroatoms. The van der Waals surface area contributed by atoms with E-state index in [4.69, 9.17) is 37.0 Å². The predicted octanol–water partition coefficient (Wildman–Crippen LogP) is 24.5. The number of carbonyl (C=O) groups is 4. The number of aliphatic hydroxyl groups excluding tert-OH is 1. The lowest BCUT2D eigenvalue weighted by Gasteiger charge is -2.21. The van der Waals surface area contributed by atoms with Crippen LogP contribution in [0.5, 0.6) is 0 Å². The summed E-state index contributed by atoms with van der Waals surface area (Å²) in [5.41, 5.74) is 0. The van der Waals surface area contributed by atoms with Crippen LogP contribution in [-0.4, -0.2) is 96.7 Å². The maximum absolute atomic E-state index is 13.1. The molecule has 0 amide bonds. The topological polar surface area (TPSA) is 237 Å². The van der Waals surface area contributed by atoms with Gasteiger partial charge in [0.05, 0.1) is 26.4 Å². The average molecular weight is 1490 g/mol. The van der Waals surface area contributed by atoms with Crippen LogP contribution in [0, 0.1) is 0 Å². The molecule has 0 bridgehead atoms. The Bertz CT molecular complexity index is 2120. The Kier molecular flexibility index (Phi) is 74.0. The van der Waals surface area contributed by atoms with Gasteiger partial charge in [0.2, 0.25) is 0 Å². The molecular formula is C83H154O17P2. The standard InChI is InChI=1S/C83H154O17P2/c1-5-9-13-17-21-25-29-33-37-38-42-46-50-54-58-62-66-70-83(88)100-79(74-94-81(86)68-64-60-56-52-48-44-40-35-31-27-23-19-15-11-7-3)76-98-102(91,92)96-72-77(84)71-95-101(89,90)97-75-78(99-82(87)69-65-61-57-53-49-45-41-36-32-28-24-20-16-12-8-4)73-93-80(85)67-63-59-55-51-47-43-39-34-30-26-22-18-14-10-6-2/h22-23,26-27,34-35,39-40,77-79,84H,5-21,24-25,28-33,36-38,41-76H2,1-4H3,(H,89,90)(H,91,92)/b26-22-,27-23-,39-34-,40-35-/t77-,78-,79-/m1/s1. The number of phosphoric acid groups is 2. The number of rotatable bonds is 80. The van der Waals surface area contributed by atoms with Crippen LogP contribution < -0.4 is 0 Å². The van der Waals surface area contributed by atoms with Gasteiger partial charge >= 0.3 is 39.5 Å². The number of phosphoric ester groups is 2. The zero-order chi connectivity index (χ0) is 74.6. The number of hydrogen-bond acceptors (Lipinski definition) is 15. The molecule has 598 valence electrons. The fraction of sp³-hybridized carbons (Fsp3) is 0.855. The average Bonchev–Trinajstić information content (AvgIpc) is 0.922. The highest BCUT2D eigenvalue weighted by atomic mass is 31.2. The SMILES string of the molecule is CCCCC/C=C\C/C=C\CCCCCCCC(=O)OC[C@H](COP(=O)(O)OC[C@@H](O)COP(=O)(O)OC[C@@H](COC(=O)CCCCCCC/C=C\C/C=C\CCCCC)OC(=O)CCCCCCCCCCCCCCCCCCC)OC(=O)CCCCCCCCCCCCCCCCC. The molecule has 0 saturated heterocycles. The number of ether oxygens (including phenoxy) is 4. The van der Waals surface area contributed by atoms with Gasteiger partial charge in [0.25, 0.3) is 0 Å². The molecule has 0 aromatic rings. The second kappa shape index (κ2) is 76.2. The highest BCUT2D eigenvalue weighted by Crippen LogP contribution is 2.45. The van der Waals surface area contributed by atoms with E-state index >= 15 is 0 Å². The molecule has 0 saturated carbocycles. The molecule has 0 aliphatic carbocycles. The summed E-state index contributed by atoms with van der Waals surface area (Å²) in [6, 6.07) is 0. The van der Waals surface area contributed by atoms with Crippen molar-refractivity contribution in [1.82, 2.24) is 0 Å². The van der Waals surface area contributed by atoms with Crippen molar-refractivity contribution < 1.29 is 80.2 Å². The van der Waals surface area contributed by atoms with Gasteiger partial charge in [-0.2, -0.15) is 0 Å². The lowest BCUT2D eigenvalue weighted by Crippen LogP contribution is -2.30. The molecule has 0 heterocycles. The molecule has 0 radical (unpaired) electrons. The molecule has 0 rings (SSSR count). The van der Waals surface area contributed by atoms with Crippen molar-refractivity contribution in [3.63, 3.8) is 0 Å². The molecule has 0 aromatic heterocycles. The van der Waals surface area contributed by atoms with Gasteiger partial charge in [0.15, 0.2) is 12.2 Å². The zero-order valence-corrected chi connectivity index (χ0v) is 67.3. The third-order valence-electron chi connectivity index (χ3n) is 18.3. The quantitative estimate of drug-likeness (QED) is 0.0169. The van der Waals surface area contributed by atoms with E-state index < -0.39 is 97.5 Å². The molecule has 2 unspecified atom stereocenters. The summed E-state index contributed by atoms with van der Waals surface area (Å²) in [5.74, 6) is -2.16. The largest absolute Gasteiger partial charge is 0.472 e. The Morgan fingerprint density at radius 3 is 0.745 bits per heavy atom. The summed E-state index contributed by atoms with van der Waals surface area (Å²) >= 11 is 0. The Morgan fingerprint density at radius 2 is 0.480 bits per heavy atom. The van der Waals surface area contributed by atoms with E-state index in [-0.39, 0.29) is 25.7 Å². The summed E-state index contributed by atoms with van der Waals surface area (Å²) in [7, 11) is -9.94. The van der Waals surface area contributed by atoms with Crippen molar-refractivity contribution in [2.24, 2.45) is 0 Å². The van der Waals surface area contributed by atoms with Crippen LogP contribution >= 0.6 is 15.6 Å². The molecular weight excluding hydrogens is 1330 g/mol. The van der Waals surface area contributed by atoms with Crippen LogP contribution in [0.1, 0.15) is 400 Å². The Hall–Kier alpha value is -2.98. The molecule has 0 aromatic carbocycles.